The Balaban J connectivity index is 0.00000533. The highest BCUT2D eigenvalue weighted by Crippen LogP contribution is 2.26. The summed E-state index contributed by atoms with van der Waals surface area (Å²) in [6, 6.07) is 6.52. The van der Waals surface area contributed by atoms with Crippen LogP contribution in [0, 0.1) is 23.4 Å². The van der Waals surface area contributed by atoms with E-state index in [1.54, 1.807) is 38.1 Å². The Morgan fingerprint density at radius 1 is 1.10 bits per heavy atom. The standard InChI is InChI=1S/C26H31F3N4O4S.ClH/c1-14(2)23(26(36)37)32-21-6-4-3-5-15(21)13-31-24(35)25-33(7-8-38-25)22(34)11-17(30)9-16-10-19(28)20(29)12-18(16)27;/h3-6,10,12,14,17,23,25,32H,7-9,11,13,30H2,1-2H3,(H,31,35)(H,36,37);1H/t17-,23+,25+;/m1./s1. The van der Waals surface area contributed by atoms with Crippen LogP contribution in [0.3, 0.4) is 0 Å². The van der Waals surface area contributed by atoms with Crippen molar-refractivity contribution in [3.8, 4) is 0 Å². The van der Waals surface area contributed by atoms with Gasteiger partial charge in [-0.25, -0.2) is 18.0 Å². The summed E-state index contributed by atoms with van der Waals surface area (Å²) in [5.41, 5.74) is 7.13. The Morgan fingerprint density at radius 3 is 2.44 bits per heavy atom. The van der Waals surface area contributed by atoms with Crippen LogP contribution in [0.5, 0.6) is 0 Å². The third-order valence-electron chi connectivity index (χ3n) is 6.16. The highest BCUT2D eigenvalue weighted by atomic mass is 35.5. The summed E-state index contributed by atoms with van der Waals surface area (Å²) in [4.78, 5) is 38.9. The first kappa shape index (κ1) is 32.3. The number of nitrogens with two attached hydrogens (primary N) is 1. The second-order valence-corrected chi connectivity index (χ2v) is 10.6. The van der Waals surface area contributed by atoms with E-state index in [1.807, 2.05) is 0 Å². The third-order valence-corrected chi connectivity index (χ3v) is 7.36. The van der Waals surface area contributed by atoms with E-state index in [0.29, 0.717) is 29.6 Å². The normalized spacial score (nSPS) is 16.4. The summed E-state index contributed by atoms with van der Waals surface area (Å²) in [7, 11) is 0. The fourth-order valence-corrected chi connectivity index (χ4v) is 5.29. The lowest BCUT2D eigenvalue weighted by Crippen LogP contribution is -2.46. The van der Waals surface area contributed by atoms with Crippen molar-refractivity contribution in [3.05, 3.63) is 65.0 Å². The first-order valence-corrected chi connectivity index (χ1v) is 13.2. The van der Waals surface area contributed by atoms with Crippen molar-refractivity contribution in [2.75, 3.05) is 17.6 Å². The SMILES string of the molecule is CC(C)[C@H](Nc1ccccc1CNC(=O)[C@@H]1SCCN1C(=O)C[C@H](N)Cc1cc(F)c(F)cc1F)C(=O)O.Cl. The molecule has 3 atom stereocenters. The summed E-state index contributed by atoms with van der Waals surface area (Å²) < 4.78 is 40.6. The second-order valence-electron chi connectivity index (χ2n) is 9.42. The van der Waals surface area contributed by atoms with Crippen LogP contribution in [0.1, 0.15) is 31.4 Å². The Hall–Kier alpha value is -2.96. The van der Waals surface area contributed by atoms with Crippen molar-refractivity contribution in [2.24, 2.45) is 11.7 Å². The van der Waals surface area contributed by atoms with Crippen LogP contribution in [-0.2, 0) is 27.3 Å². The van der Waals surface area contributed by atoms with Gasteiger partial charge in [-0.05, 0) is 35.6 Å². The molecule has 1 heterocycles. The van der Waals surface area contributed by atoms with Crippen molar-refractivity contribution in [2.45, 2.75) is 50.7 Å². The molecule has 0 bridgehead atoms. The van der Waals surface area contributed by atoms with Gasteiger partial charge in [0.15, 0.2) is 17.0 Å². The number of aliphatic carboxylic acids is 1. The summed E-state index contributed by atoms with van der Waals surface area (Å²) in [5, 5.41) is 14.5. The maximum Gasteiger partial charge on any atom is 0.326 e. The molecular weight excluding hydrogens is 557 g/mol. The maximum atomic E-state index is 14.0. The van der Waals surface area contributed by atoms with Crippen LogP contribution in [0.2, 0.25) is 0 Å². The number of hydrogen-bond acceptors (Lipinski definition) is 6. The predicted octanol–water partition coefficient (Wildman–Crippen LogP) is 3.52. The molecule has 0 unspecified atom stereocenters. The first-order valence-electron chi connectivity index (χ1n) is 12.1. The summed E-state index contributed by atoms with van der Waals surface area (Å²) in [6.45, 7) is 4.01. The molecule has 0 aliphatic carbocycles. The monoisotopic (exact) mass is 588 g/mol. The molecule has 0 radical (unpaired) electrons. The number of amides is 2. The first-order chi connectivity index (χ1) is 18.0. The van der Waals surface area contributed by atoms with Gasteiger partial charge in [-0.3, -0.25) is 9.59 Å². The van der Waals surface area contributed by atoms with Gasteiger partial charge in [0.1, 0.15) is 11.9 Å². The largest absolute Gasteiger partial charge is 0.480 e. The lowest BCUT2D eigenvalue weighted by molar-refractivity contribution is -0.138. The Kier molecular flexibility index (Phi) is 11.9. The lowest BCUT2D eigenvalue weighted by Gasteiger charge is -2.25. The molecule has 5 N–H and O–H groups in total. The molecule has 0 spiro atoms. The van der Waals surface area contributed by atoms with E-state index < -0.39 is 52.7 Å². The van der Waals surface area contributed by atoms with E-state index in [2.05, 4.69) is 10.6 Å². The molecule has 3 rings (SSSR count). The summed E-state index contributed by atoms with van der Waals surface area (Å²) >= 11 is 1.29. The minimum atomic E-state index is -1.31. The van der Waals surface area contributed by atoms with Gasteiger partial charge in [-0.15, -0.1) is 24.2 Å². The van der Waals surface area contributed by atoms with E-state index in [1.165, 1.54) is 16.7 Å². The fraction of sp³-hybridized carbons (Fsp3) is 0.423. The number of carboxylic acid groups (broad SMARTS) is 1. The van der Waals surface area contributed by atoms with Gasteiger partial charge in [0.05, 0.1) is 0 Å². The van der Waals surface area contributed by atoms with Gasteiger partial charge in [0.2, 0.25) is 5.91 Å². The maximum absolute atomic E-state index is 14.0. The highest BCUT2D eigenvalue weighted by Gasteiger charge is 2.35. The zero-order valence-electron chi connectivity index (χ0n) is 21.5. The lowest BCUT2D eigenvalue weighted by atomic mass is 10.0. The van der Waals surface area contributed by atoms with E-state index in [-0.39, 0.29) is 43.3 Å². The van der Waals surface area contributed by atoms with Crippen LogP contribution in [-0.4, -0.2) is 57.5 Å². The molecule has 1 aliphatic rings. The number of carboxylic acids is 1. The van der Waals surface area contributed by atoms with Gasteiger partial charge in [-0.1, -0.05) is 32.0 Å². The molecule has 1 aliphatic heterocycles. The quantitative estimate of drug-likeness (QED) is 0.296. The molecule has 1 saturated heterocycles. The number of nitrogens with one attached hydrogen (secondary N) is 2. The highest BCUT2D eigenvalue weighted by molar-refractivity contribution is 8.00. The van der Waals surface area contributed by atoms with E-state index in [9.17, 15) is 32.7 Å². The van der Waals surface area contributed by atoms with Crippen LogP contribution < -0.4 is 16.4 Å². The Labute approximate surface area is 235 Å². The van der Waals surface area contributed by atoms with Crippen molar-refractivity contribution in [3.63, 3.8) is 0 Å². The molecule has 8 nitrogen and oxygen atoms in total. The molecule has 214 valence electrons. The van der Waals surface area contributed by atoms with Crippen molar-refractivity contribution in [1.82, 2.24) is 10.2 Å². The average Bonchev–Trinajstić information content (AvgIpc) is 3.35. The molecule has 0 saturated carbocycles. The molecule has 1 fully saturated rings. The Morgan fingerprint density at radius 2 is 1.77 bits per heavy atom. The number of carbonyl (C=O) groups is 3. The number of nitrogens with zero attached hydrogens (tertiary/aromatic N) is 1. The third kappa shape index (κ3) is 8.51. The van der Waals surface area contributed by atoms with E-state index in [4.69, 9.17) is 5.73 Å². The number of carbonyl (C=O) groups excluding carboxylic acids is 2. The van der Waals surface area contributed by atoms with Crippen LogP contribution in [0.25, 0.3) is 0 Å². The Bertz CT molecular complexity index is 1190. The molecule has 2 aromatic carbocycles. The van der Waals surface area contributed by atoms with E-state index >= 15 is 0 Å². The number of thioether (sulfide) groups is 1. The molecule has 39 heavy (non-hydrogen) atoms. The van der Waals surface area contributed by atoms with Gasteiger partial charge in [0.25, 0.3) is 5.91 Å². The molecule has 2 amide bonds. The number of halogens is 4. The zero-order valence-corrected chi connectivity index (χ0v) is 23.1. The molecule has 2 aromatic rings. The number of rotatable bonds is 11. The second kappa shape index (κ2) is 14.4. The fourth-order valence-electron chi connectivity index (χ4n) is 4.12. The molecule has 13 heteroatoms. The van der Waals surface area contributed by atoms with E-state index in [0.717, 1.165) is 6.07 Å². The predicted molar refractivity (Wildman–Crippen MR) is 146 cm³/mol. The van der Waals surface area contributed by atoms with Gasteiger partial charge >= 0.3 is 5.97 Å². The summed E-state index contributed by atoms with van der Waals surface area (Å²) in [6.07, 6.45) is -0.384. The van der Waals surface area contributed by atoms with Crippen LogP contribution in [0.4, 0.5) is 18.9 Å². The number of hydrogen-bond donors (Lipinski definition) is 4. The molecular formula is C26H32ClF3N4O4S. The van der Waals surface area contributed by atoms with Gasteiger partial charge < -0.3 is 26.4 Å². The minimum Gasteiger partial charge on any atom is -0.480 e. The van der Waals surface area contributed by atoms with Gasteiger partial charge in [-0.2, -0.15) is 0 Å². The van der Waals surface area contributed by atoms with Crippen molar-refractivity contribution >= 4 is 47.6 Å². The smallest absolute Gasteiger partial charge is 0.326 e. The molecule has 0 aromatic heterocycles. The van der Waals surface area contributed by atoms with Crippen LogP contribution >= 0.6 is 24.2 Å². The zero-order chi connectivity index (χ0) is 28.0. The van der Waals surface area contributed by atoms with Gasteiger partial charge in [0, 0.05) is 43.1 Å². The topological polar surface area (TPSA) is 125 Å². The van der Waals surface area contributed by atoms with Crippen molar-refractivity contribution < 1.29 is 32.7 Å². The van der Waals surface area contributed by atoms with Crippen LogP contribution in [0.15, 0.2) is 36.4 Å². The van der Waals surface area contributed by atoms with Crippen molar-refractivity contribution in [1.29, 1.82) is 0 Å². The number of anilines is 1. The minimum absolute atomic E-state index is 0. The average molecular weight is 589 g/mol. The number of para-hydroxylation sites is 1. The summed E-state index contributed by atoms with van der Waals surface area (Å²) in [5.74, 6) is -4.88. The number of benzene rings is 2.